The summed E-state index contributed by atoms with van der Waals surface area (Å²) in [5.41, 5.74) is 0.963. The number of hydrogen-bond acceptors (Lipinski definition) is 4. The van der Waals surface area contributed by atoms with Crippen LogP contribution in [0.3, 0.4) is 0 Å². The maximum atomic E-state index is 11.3. The predicted octanol–water partition coefficient (Wildman–Crippen LogP) is -1.60. The number of aromatic amines is 1. The highest BCUT2D eigenvalue weighted by Gasteiger charge is 2.03. The molecule has 7 heteroatoms. The van der Waals surface area contributed by atoms with Gasteiger partial charge in [0.1, 0.15) is 0 Å². The van der Waals surface area contributed by atoms with Gasteiger partial charge in [-0.25, -0.2) is 4.98 Å². The topological polar surface area (TPSA) is 98.9 Å². The van der Waals surface area contributed by atoms with Crippen LogP contribution in [0.4, 0.5) is 0 Å². The number of hydrogen-bond donors (Lipinski definition) is 4. The van der Waals surface area contributed by atoms with Crippen molar-refractivity contribution in [1.82, 2.24) is 25.9 Å². The largest absolute Gasteiger partial charge is 0.354 e. The summed E-state index contributed by atoms with van der Waals surface area (Å²) >= 11 is 0. The Morgan fingerprint density at radius 3 is 2.71 bits per heavy atom. The second-order valence-corrected chi connectivity index (χ2v) is 3.48. The molecule has 0 unspecified atom stereocenters. The molecule has 0 aliphatic heterocycles. The predicted molar refractivity (Wildman–Crippen MR) is 62.2 cm³/mol. The molecule has 1 heterocycles. The quantitative estimate of drug-likeness (QED) is 0.461. The lowest BCUT2D eigenvalue weighted by atomic mass is 10.3. The molecule has 0 atom stereocenters. The monoisotopic (exact) mass is 239 g/mol. The van der Waals surface area contributed by atoms with Crippen molar-refractivity contribution in [1.29, 1.82) is 0 Å². The minimum absolute atomic E-state index is 0.00346. The Labute approximate surface area is 99.4 Å². The van der Waals surface area contributed by atoms with Gasteiger partial charge >= 0.3 is 0 Å². The normalized spacial score (nSPS) is 9.94. The summed E-state index contributed by atoms with van der Waals surface area (Å²) in [6.07, 6.45) is 3.99. The zero-order valence-electron chi connectivity index (χ0n) is 9.75. The van der Waals surface area contributed by atoms with Crippen LogP contribution >= 0.6 is 0 Å². The highest BCUT2D eigenvalue weighted by atomic mass is 16.2. The second kappa shape index (κ2) is 7.39. The number of imidazole rings is 1. The van der Waals surface area contributed by atoms with Crippen molar-refractivity contribution in [3.05, 3.63) is 18.2 Å². The van der Waals surface area contributed by atoms with Crippen molar-refractivity contribution in [3.8, 4) is 0 Å². The fourth-order valence-electron chi connectivity index (χ4n) is 1.22. The fraction of sp³-hybridized carbons (Fsp3) is 0.500. The van der Waals surface area contributed by atoms with E-state index in [9.17, 15) is 9.59 Å². The number of likely N-dealkylation sites (N-methyl/N-ethyl adjacent to an activating group) is 1. The van der Waals surface area contributed by atoms with Gasteiger partial charge in [0.05, 0.1) is 19.4 Å². The lowest BCUT2D eigenvalue weighted by molar-refractivity contribution is -0.125. The molecule has 7 nitrogen and oxygen atoms in total. The van der Waals surface area contributed by atoms with Gasteiger partial charge in [0.15, 0.2) is 0 Å². The summed E-state index contributed by atoms with van der Waals surface area (Å²) in [4.78, 5) is 29.2. The Hall–Kier alpha value is -1.89. The van der Waals surface area contributed by atoms with Crippen molar-refractivity contribution >= 4 is 11.8 Å². The van der Waals surface area contributed by atoms with E-state index in [1.54, 1.807) is 19.6 Å². The van der Waals surface area contributed by atoms with E-state index in [4.69, 9.17) is 0 Å². The molecule has 0 saturated heterocycles. The molecule has 17 heavy (non-hydrogen) atoms. The van der Waals surface area contributed by atoms with Crippen molar-refractivity contribution in [2.24, 2.45) is 0 Å². The number of carbonyl (C=O) groups excluding carboxylic acids is 2. The zero-order chi connectivity index (χ0) is 12.5. The van der Waals surface area contributed by atoms with Crippen LogP contribution in [0, 0.1) is 0 Å². The van der Waals surface area contributed by atoms with Gasteiger partial charge < -0.3 is 20.9 Å². The van der Waals surface area contributed by atoms with Crippen LogP contribution in [-0.2, 0) is 16.0 Å². The third-order valence-electron chi connectivity index (χ3n) is 2.05. The summed E-state index contributed by atoms with van der Waals surface area (Å²) < 4.78 is 0. The van der Waals surface area contributed by atoms with Crippen LogP contribution in [0.15, 0.2) is 12.5 Å². The van der Waals surface area contributed by atoms with Crippen molar-refractivity contribution < 1.29 is 9.59 Å². The maximum Gasteiger partial charge on any atom is 0.239 e. The van der Waals surface area contributed by atoms with Gasteiger partial charge in [-0.3, -0.25) is 9.59 Å². The first-order valence-electron chi connectivity index (χ1n) is 5.37. The van der Waals surface area contributed by atoms with Gasteiger partial charge in [-0.05, 0) is 7.05 Å². The molecule has 1 aromatic rings. The van der Waals surface area contributed by atoms with Crippen LogP contribution < -0.4 is 16.0 Å². The Morgan fingerprint density at radius 2 is 2.06 bits per heavy atom. The average molecular weight is 239 g/mol. The Morgan fingerprint density at radius 1 is 1.29 bits per heavy atom. The number of H-pyrrole nitrogens is 1. The van der Waals surface area contributed by atoms with Crippen LogP contribution in [0.2, 0.25) is 0 Å². The van der Waals surface area contributed by atoms with E-state index < -0.39 is 0 Å². The van der Waals surface area contributed by atoms with E-state index in [0.717, 1.165) is 5.69 Å². The molecule has 0 fully saturated rings. The van der Waals surface area contributed by atoms with Gasteiger partial charge in [-0.15, -0.1) is 0 Å². The molecule has 4 N–H and O–H groups in total. The SMILES string of the molecule is CNCC(=O)NCC(=O)NCCc1cnc[nH]1. The molecule has 1 aromatic heterocycles. The molecule has 0 spiro atoms. The van der Waals surface area contributed by atoms with Crippen LogP contribution in [0.25, 0.3) is 0 Å². The molecular weight excluding hydrogens is 222 g/mol. The lowest BCUT2D eigenvalue weighted by Gasteiger charge is -2.06. The average Bonchev–Trinajstić information content (AvgIpc) is 2.80. The minimum atomic E-state index is -0.200. The second-order valence-electron chi connectivity index (χ2n) is 3.48. The van der Waals surface area contributed by atoms with Crippen LogP contribution in [0.1, 0.15) is 5.69 Å². The van der Waals surface area contributed by atoms with E-state index in [-0.39, 0.29) is 24.9 Å². The number of aromatic nitrogens is 2. The van der Waals surface area contributed by atoms with E-state index in [1.165, 1.54) is 0 Å². The van der Waals surface area contributed by atoms with Gasteiger partial charge in [-0.1, -0.05) is 0 Å². The van der Waals surface area contributed by atoms with E-state index in [0.29, 0.717) is 13.0 Å². The first-order valence-corrected chi connectivity index (χ1v) is 5.37. The van der Waals surface area contributed by atoms with E-state index in [1.807, 2.05) is 0 Å². The first kappa shape index (κ1) is 13.2. The molecule has 0 saturated carbocycles. The summed E-state index contributed by atoms with van der Waals surface area (Å²) in [6, 6.07) is 0. The van der Waals surface area contributed by atoms with E-state index >= 15 is 0 Å². The Kier molecular flexibility index (Phi) is 5.73. The Balaban J connectivity index is 2.07. The molecule has 94 valence electrons. The van der Waals surface area contributed by atoms with Gasteiger partial charge in [0.25, 0.3) is 0 Å². The molecule has 0 bridgehead atoms. The van der Waals surface area contributed by atoms with Crippen molar-refractivity contribution in [2.45, 2.75) is 6.42 Å². The number of nitrogens with zero attached hydrogens (tertiary/aromatic N) is 1. The summed E-state index contributed by atoms with van der Waals surface area (Å²) in [7, 11) is 1.67. The molecule has 0 aliphatic carbocycles. The summed E-state index contributed by atoms with van der Waals surface area (Å²) in [5.74, 6) is -0.398. The molecule has 0 aromatic carbocycles. The number of carbonyl (C=O) groups is 2. The highest BCUT2D eigenvalue weighted by Crippen LogP contribution is 1.89. The number of amides is 2. The number of rotatable bonds is 7. The van der Waals surface area contributed by atoms with Crippen LogP contribution in [-0.4, -0.2) is 48.5 Å². The standard InChI is InChI=1S/C10H17N5O2/c1-11-5-9(16)14-6-10(17)13-3-2-8-4-12-7-15-8/h4,7,11H,2-3,5-6H2,1H3,(H,12,15)(H,13,17)(H,14,16). The third kappa shape index (κ3) is 5.67. The van der Waals surface area contributed by atoms with Crippen LogP contribution in [0.5, 0.6) is 0 Å². The minimum Gasteiger partial charge on any atom is -0.354 e. The van der Waals surface area contributed by atoms with Gasteiger partial charge in [0, 0.05) is 24.9 Å². The maximum absolute atomic E-state index is 11.3. The first-order chi connectivity index (χ1) is 8.22. The molecular formula is C10H17N5O2. The fourth-order valence-corrected chi connectivity index (χ4v) is 1.22. The van der Waals surface area contributed by atoms with Crippen molar-refractivity contribution in [2.75, 3.05) is 26.7 Å². The Bertz CT molecular complexity index is 350. The molecule has 0 radical (unpaired) electrons. The van der Waals surface area contributed by atoms with E-state index in [2.05, 4.69) is 25.9 Å². The summed E-state index contributed by atoms with van der Waals surface area (Å²) in [5, 5.41) is 7.89. The third-order valence-corrected chi connectivity index (χ3v) is 2.05. The molecule has 2 amide bonds. The van der Waals surface area contributed by atoms with Crippen molar-refractivity contribution in [3.63, 3.8) is 0 Å². The van der Waals surface area contributed by atoms with Gasteiger partial charge in [-0.2, -0.15) is 0 Å². The number of nitrogens with one attached hydrogen (secondary N) is 4. The molecule has 1 rings (SSSR count). The zero-order valence-corrected chi connectivity index (χ0v) is 9.75. The highest BCUT2D eigenvalue weighted by molar-refractivity contribution is 5.85. The van der Waals surface area contributed by atoms with Gasteiger partial charge in [0.2, 0.25) is 11.8 Å². The molecule has 0 aliphatic rings. The summed E-state index contributed by atoms with van der Waals surface area (Å²) in [6.45, 7) is 0.730. The smallest absolute Gasteiger partial charge is 0.239 e. The lowest BCUT2D eigenvalue weighted by Crippen LogP contribution is -2.40.